The van der Waals surface area contributed by atoms with Crippen molar-refractivity contribution < 1.29 is 13.2 Å². The van der Waals surface area contributed by atoms with E-state index in [0.29, 0.717) is 17.1 Å². The van der Waals surface area contributed by atoms with Gasteiger partial charge in [0.25, 0.3) is 10.0 Å². The van der Waals surface area contributed by atoms with Gasteiger partial charge in [0.1, 0.15) is 5.01 Å². The Hall–Kier alpha value is -1.68. The lowest BCUT2D eigenvalue weighted by molar-refractivity contribution is 0.0992. The number of nitrogens with two attached hydrogens (primary N) is 2. The van der Waals surface area contributed by atoms with Crippen LogP contribution < -0.4 is 10.9 Å². The number of hydrogen-bond acceptors (Lipinski definition) is 7. The maximum Gasteiger partial charge on any atom is 0.267 e. The van der Waals surface area contributed by atoms with Crippen LogP contribution >= 0.6 is 11.3 Å². The van der Waals surface area contributed by atoms with E-state index in [9.17, 15) is 13.2 Å². The Kier molecular flexibility index (Phi) is 4.23. The molecule has 0 bridgehead atoms. The molecule has 0 amide bonds. The minimum absolute atomic E-state index is 0.0187. The fraction of sp³-hybridized carbons (Fsp3) is 0.182. The molecule has 0 spiro atoms. The zero-order chi connectivity index (χ0) is 14.8. The van der Waals surface area contributed by atoms with Crippen molar-refractivity contribution in [2.45, 2.75) is 17.3 Å². The number of rotatable bonds is 5. The van der Waals surface area contributed by atoms with Crippen LogP contribution in [-0.2, 0) is 23.0 Å². The van der Waals surface area contributed by atoms with Crippen molar-refractivity contribution in [1.29, 1.82) is 0 Å². The number of Topliss-reactive ketones (excluding diaryl/α,β-unsaturated/α-hetero) is 1. The summed E-state index contributed by atoms with van der Waals surface area (Å²) >= 11 is 0.794. The third kappa shape index (κ3) is 3.45. The van der Waals surface area contributed by atoms with Crippen molar-refractivity contribution in [2.75, 3.05) is 0 Å². The molecule has 0 aliphatic carbocycles. The molecule has 0 saturated heterocycles. The smallest absolute Gasteiger partial charge is 0.267 e. The summed E-state index contributed by atoms with van der Waals surface area (Å²) in [6, 6.07) is 6.88. The number of hydrogen-bond donors (Lipinski definition) is 2. The molecule has 9 heteroatoms. The summed E-state index contributed by atoms with van der Waals surface area (Å²) in [5, 5.41) is 12.3. The van der Waals surface area contributed by atoms with Crippen molar-refractivity contribution >= 4 is 27.1 Å². The molecule has 1 aromatic heterocycles. The van der Waals surface area contributed by atoms with Crippen LogP contribution in [0.3, 0.4) is 0 Å². The lowest BCUT2D eigenvalue weighted by atomic mass is 10.1. The molecule has 0 atom stereocenters. The van der Waals surface area contributed by atoms with Crippen LogP contribution in [0, 0.1) is 0 Å². The summed E-state index contributed by atoms with van der Waals surface area (Å²) < 4.78 is 21.8. The second-order valence-electron chi connectivity index (χ2n) is 4.01. The number of sulfonamides is 1. The van der Waals surface area contributed by atoms with Crippen LogP contribution in [-0.4, -0.2) is 24.4 Å². The van der Waals surface area contributed by atoms with Crippen LogP contribution in [0.5, 0.6) is 0 Å². The van der Waals surface area contributed by atoms with Crippen molar-refractivity contribution in [2.24, 2.45) is 10.9 Å². The number of ketones is 1. The second-order valence-corrected chi connectivity index (χ2v) is 6.80. The van der Waals surface area contributed by atoms with Gasteiger partial charge < -0.3 is 5.73 Å². The molecule has 7 nitrogen and oxygen atoms in total. The van der Waals surface area contributed by atoms with Crippen molar-refractivity contribution in [3.05, 3.63) is 40.4 Å². The van der Waals surface area contributed by atoms with Gasteiger partial charge in [0.15, 0.2) is 5.78 Å². The van der Waals surface area contributed by atoms with E-state index >= 15 is 0 Å². The minimum atomic E-state index is -3.87. The maximum atomic E-state index is 12.0. The Morgan fingerprint density at radius 1 is 1.20 bits per heavy atom. The summed E-state index contributed by atoms with van der Waals surface area (Å²) in [6.45, 7) is 0.405. The van der Waals surface area contributed by atoms with Gasteiger partial charge in [-0.25, -0.2) is 13.6 Å². The highest BCUT2D eigenvalue weighted by Crippen LogP contribution is 2.16. The number of aromatic nitrogens is 2. The van der Waals surface area contributed by atoms with E-state index in [2.05, 4.69) is 10.2 Å². The number of primary sulfonamides is 1. The fourth-order valence-corrected chi connectivity index (χ4v) is 2.97. The number of nitrogens with zero attached hydrogens (tertiary/aromatic N) is 2. The highest BCUT2D eigenvalue weighted by atomic mass is 32.2. The molecule has 4 N–H and O–H groups in total. The van der Waals surface area contributed by atoms with Gasteiger partial charge in [-0.05, 0) is 5.56 Å². The molecule has 20 heavy (non-hydrogen) atoms. The fourth-order valence-electron chi connectivity index (χ4n) is 1.49. The third-order valence-corrected chi connectivity index (χ3v) is 4.75. The highest BCUT2D eigenvalue weighted by molar-refractivity contribution is 7.91. The molecule has 1 aromatic carbocycles. The van der Waals surface area contributed by atoms with Crippen LogP contribution in [0.4, 0.5) is 0 Å². The van der Waals surface area contributed by atoms with E-state index in [1.165, 1.54) is 0 Å². The van der Waals surface area contributed by atoms with Crippen molar-refractivity contribution in [3.63, 3.8) is 0 Å². The lowest BCUT2D eigenvalue weighted by Crippen LogP contribution is -2.11. The van der Waals surface area contributed by atoms with Gasteiger partial charge in [-0.3, -0.25) is 4.79 Å². The Morgan fingerprint density at radius 3 is 2.35 bits per heavy atom. The first-order valence-corrected chi connectivity index (χ1v) is 7.94. The summed E-state index contributed by atoms with van der Waals surface area (Å²) in [7, 11) is -3.87. The quantitative estimate of drug-likeness (QED) is 0.752. The molecular formula is C11H12N4O3S2. The van der Waals surface area contributed by atoms with Crippen molar-refractivity contribution in [1.82, 2.24) is 10.2 Å². The molecular weight excluding hydrogens is 300 g/mol. The second kappa shape index (κ2) is 5.75. The van der Waals surface area contributed by atoms with E-state index in [-0.39, 0.29) is 16.5 Å². The summed E-state index contributed by atoms with van der Waals surface area (Å²) in [6.07, 6.45) is -0.0187. The molecule has 106 valence electrons. The predicted molar refractivity (Wildman–Crippen MR) is 73.7 cm³/mol. The molecule has 2 aromatic rings. The number of carbonyl (C=O) groups is 1. The standard InChI is InChI=1S/C11H12N4O3S2/c12-6-7-1-3-8(4-2-7)9(16)5-10-14-15-11(19-10)20(13,17)18/h1-4H,5-6,12H2,(H2,13,17,18). The Bertz CT molecular complexity index is 722. The van der Waals surface area contributed by atoms with Gasteiger partial charge >= 0.3 is 0 Å². The zero-order valence-electron chi connectivity index (χ0n) is 10.3. The Morgan fingerprint density at radius 2 is 1.85 bits per heavy atom. The largest absolute Gasteiger partial charge is 0.326 e. The number of benzene rings is 1. The first-order chi connectivity index (χ1) is 9.40. The van der Waals surface area contributed by atoms with Crippen molar-refractivity contribution in [3.8, 4) is 0 Å². The molecule has 0 unspecified atom stereocenters. The normalized spacial score (nSPS) is 11.5. The zero-order valence-corrected chi connectivity index (χ0v) is 11.9. The Balaban J connectivity index is 2.13. The molecule has 0 saturated carbocycles. The van der Waals surface area contributed by atoms with E-state index in [1.54, 1.807) is 24.3 Å². The van der Waals surface area contributed by atoms with Gasteiger partial charge in [-0.15, -0.1) is 10.2 Å². The molecule has 0 aliphatic heterocycles. The van der Waals surface area contributed by atoms with Crippen LogP contribution in [0.2, 0.25) is 0 Å². The third-order valence-electron chi connectivity index (χ3n) is 2.52. The summed E-state index contributed by atoms with van der Waals surface area (Å²) in [5.41, 5.74) is 6.91. The molecule has 2 rings (SSSR count). The molecule has 1 heterocycles. The first-order valence-electron chi connectivity index (χ1n) is 5.57. The average Bonchev–Trinajstić information content (AvgIpc) is 2.87. The van der Waals surface area contributed by atoms with E-state index in [1.807, 2.05) is 0 Å². The van der Waals surface area contributed by atoms with Crippen LogP contribution in [0.25, 0.3) is 0 Å². The minimum Gasteiger partial charge on any atom is -0.326 e. The monoisotopic (exact) mass is 312 g/mol. The van der Waals surface area contributed by atoms with E-state index < -0.39 is 10.0 Å². The highest BCUT2D eigenvalue weighted by Gasteiger charge is 2.17. The van der Waals surface area contributed by atoms with E-state index in [4.69, 9.17) is 10.9 Å². The molecule has 0 radical (unpaired) electrons. The van der Waals surface area contributed by atoms with Gasteiger partial charge in [0, 0.05) is 12.1 Å². The van der Waals surface area contributed by atoms with Gasteiger partial charge in [0.05, 0.1) is 6.42 Å². The van der Waals surface area contributed by atoms with Crippen LogP contribution in [0.15, 0.2) is 28.6 Å². The average molecular weight is 312 g/mol. The summed E-state index contributed by atoms with van der Waals surface area (Å²) in [4.78, 5) is 12.0. The number of carbonyl (C=O) groups excluding carboxylic acids is 1. The summed E-state index contributed by atoms with van der Waals surface area (Å²) in [5.74, 6) is -0.175. The maximum absolute atomic E-state index is 12.0. The van der Waals surface area contributed by atoms with Gasteiger partial charge in [0.2, 0.25) is 4.34 Å². The lowest BCUT2D eigenvalue weighted by Gasteiger charge is -2.00. The van der Waals surface area contributed by atoms with Gasteiger partial charge in [-0.2, -0.15) is 0 Å². The SMILES string of the molecule is NCc1ccc(C(=O)Cc2nnc(S(N)(=O)=O)s2)cc1. The first kappa shape index (κ1) is 14.7. The van der Waals surface area contributed by atoms with E-state index in [0.717, 1.165) is 16.9 Å². The molecule has 0 aliphatic rings. The van der Waals surface area contributed by atoms with Gasteiger partial charge in [-0.1, -0.05) is 35.6 Å². The van der Waals surface area contributed by atoms with Crippen LogP contribution in [0.1, 0.15) is 20.9 Å². The Labute approximate surface area is 119 Å². The predicted octanol–water partition coefficient (Wildman–Crippen LogP) is 0.0696. The molecule has 0 fully saturated rings. The topological polar surface area (TPSA) is 129 Å².